The van der Waals surface area contributed by atoms with E-state index in [1.807, 2.05) is 19.9 Å². The smallest absolute Gasteiger partial charge is 0.241 e. The monoisotopic (exact) mass is 317 g/mol. The Balaban J connectivity index is 0.00000200. The van der Waals surface area contributed by atoms with Gasteiger partial charge in [0.2, 0.25) is 10.0 Å². The van der Waals surface area contributed by atoms with Gasteiger partial charge in [0, 0.05) is 12.1 Å². The number of halogens is 1. The summed E-state index contributed by atoms with van der Waals surface area (Å²) in [6.07, 6.45) is 2.42. The summed E-state index contributed by atoms with van der Waals surface area (Å²) in [6, 6.07) is 8.53. The predicted molar refractivity (Wildman–Crippen MR) is 76.5 cm³/mol. The van der Waals surface area contributed by atoms with E-state index >= 15 is 0 Å². The van der Waals surface area contributed by atoms with Crippen molar-refractivity contribution in [1.82, 2.24) is 9.62 Å². The van der Waals surface area contributed by atoms with Gasteiger partial charge in [0.15, 0.2) is 0 Å². The zero-order valence-electron chi connectivity index (χ0n) is 12.0. The SMILES string of the molecule is CC(C)(CN1CCCC1)NS(=O)(=O)c1ccccc1.[Cl-]. The Morgan fingerprint density at radius 3 is 2.25 bits per heavy atom. The van der Waals surface area contributed by atoms with E-state index in [0.29, 0.717) is 4.90 Å². The minimum absolute atomic E-state index is 0. The Bertz CT molecular complexity index is 511. The molecule has 0 unspecified atom stereocenters. The maximum Gasteiger partial charge on any atom is 0.241 e. The second kappa shape index (κ2) is 6.89. The van der Waals surface area contributed by atoms with Crippen LogP contribution in [0.1, 0.15) is 26.7 Å². The fourth-order valence-electron chi connectivity index (χ4n) is 2.55. The molecule has 0 saturated carbocycles. The van der Waals surface area contributed by atoms with Crippen molar-refractivity contribution in [2.45, 2.75) is 37.1 Å². The molecule has 0 aromatic heterocycles. The molecule has 0 spiro atoms. The fourth-order valence-corrected chi connectivity index (χ4v) is 3.98. The highest BCUT2D eigenvalue weighted by molar-refractivity contribution is 7.89. The minimum Gasteiger partial charge on any atom is -1.00 e. The molecule has 1 aromatic rings. The van der Waals surface area contributed by atoms with Gasteiger partial charge in [-0.1, -0.05) is 18.2 Å². The van der Waals surface area contributed by atoms with Gasteiger partial charge in [-0.2, -0.15) is 0 Å². The number of hydrogen-bond acceptors (Lipinski definition) is 3. The molecule has 0 aliphatic carbocycles. The number of nitrogens with zero attached hydrogens (tertiary/aromatic N) is 1. The Morgan fingerprint density at radius 2 is 1.70 bits per heavy atom. The predicted octanol–water partition coefficient (Wildman–Crippen LogP) is -1.16. The molecule has 20 heavy (non-hydrogen) atoms. The first kappa shape index (κ1) is 17.4. The molecule has 1 heterocycles. The van der Waals surface area contributed by atoms with Crippen LogP contribution in [0.2, 0.25) is 0 Å². The summed E-state index contributed by atoms with van der Waals surface area (Å²) >= 11 is 0. The highest BCUT2D eigenvalue weighted by Gasteiger charge is 2.29. The average molecular weight is 318 g/mol. The summed E-state index contributed by atoms with van der Waals surface area (Å²) in [4.78, 5) is 2.64. The molecule has 4 nitrogen and oxygen atoms in total. The van der Waals surface area contributed by atoms with Crippen molar-refractivity contribution in [2.75, 3.05) is 19.6 Å². The van der Waals surface area contributed by atoms with Crippen molar-refractivity contribution in [3.63, 3.8) is 0 Å². The number of nitrogens with one attached hydrogen (secondary N) is 1. The van der Waals surface area contributed by atoms with Gasteiger partial charge in [-0.05, 0) is 51.9 Å². The van der Waals surface area contributed by atoms with Crippen LogP contribution in [0.25, 0.3) is 0 Å². The molecule has 1 fully saturated rings. The molecular formula is C14H22ClN2O2S-. The minimum atomic E-state index is -3.44. The molecule has 0 amide bonds. The third kappa shape index (κ3) is 4.74. The molecule has 1 aliphatic rings. The summed E-state index contributed by atoms with van der Waals surface area (Å²) in [5, 5.41) is 0. The van der Waals surface area contributed by atoms with Crippen LogP contribution in [-0.2, 0) is 10.0 Å². The molecule has 0 atom stereocenters. The van der Waals surface area contributed by atoms with Crippen LogP contribution in [0, 0.1) is 0 Å². The summed E-state index contributed by atoms with van der Waals surface area (Å²) in [5.41, 5.74) is -0.459. The van der Waals surface area contributed by atoms with Gasteiger partial charge in [0.25, 0.3) is 0 Å². The molecule has 1 saturated heterocycles. The maximum absolute atomic E-state index is 12.3. The topological polar surface area (TPSA) is 49.4 Å². The number of hydrogen-bond donors (Lipinski definition) is 1. The molecule has 1 N–H and O–H groups in total. The summed E-state index contributed by atoms with van der Waals surface area (Å²) in [5.74, 6) is 0. The van der Waals surface area contributed by atoms with Crippen molar-refractivity contribution < 1.29 is 20.8 Å². The van der Waals surface area contributed by atoms with Crippen LogP contribution in [0.3, 0.4) is 0 Å². The van der Waals surface area contributed by atoms with Gasteiger partial charge < -0.3 is 17.3 Å². The van der Waals surface area contributed by atoms with Crippen LogP contribution >= 0.6 is 0 Å². The molecule has 6 heteroatoms. The van der Waals surface area contributed by atoms with E-state index < -0.39 is 15.6 Å². The zero-order chi connectivity index (χ0) is 13.9. The normalized spacial score (nSPS) is 16.9. The van der Waals surface area contributed by atoms with E-state index in [1.54, 1.807) is 24.3 Å². The Labute approximate surface area is 128 Å². The van der Waals surface area contributed by atoms with E-state index in [0.717, 1.165) is 19.6 Å². The number of sulfonamides is 1. The lowest BCUT2D eigenvalue weighted by Gasteiger charge is -2.30. The lowest BCUT2D eigenvalue weighted by Crippen LogP contribution is -3.00. The Hall–Kier alpha value is -0.620. The quantitative estimate of drug-likeness (QED) is 0.745. The van der Waals surface area contributed by atoms with Crippen molar-refractivity contribution in [1.29, 1.82) is 0 Å². The van der Waals surface area contributed by atoms with E-state index in [9.17, 15) is 8.42 Å². The van der Waals surface area contributed by atoms with E-state index in [1.165, 1.54) is 12.8 Å². The van der Waals surface area contributed by atoms with E-state index in [4.69, 9.17) is 0 Å². The van der Waals surface area contributed by atoms with Crippen molar-refractivity contribution in [3.05, 3.63) is 30.3 Å². The summed E-state index contributed by atoms with van der Waals surface area (Å²) in [7, 11) is -3.44. The molecule has 0 bridgehead atoms. The van der Waals surface area contributed by atoms with Crippen molar-refractivity contribution in [2.24, 2.45) is 0 Å². The molecule has 1 aliphatic heterocycles. The van der Waals surface area contributed by atoms with Gasteiger partial charge in [0.05, 0.1) is 4.90 Å². The first-order valence-corrected chi connectivity index (χ1v) is 8.19. The van der Waals surface area contributed by atoms with Crippen LogP contribution < -0.4 is 17.1 Å². The molecule has 2 rings (SSSR count). The number of rotatable bonds is 5. The average Bonchev–Trinajstić information content (AvgIpc) is 2.80. The highest BCUT2D eigenvalue weighted by atomic mass is 35.5. The van der Waals surface area contributed by atoms with Gasteiger partial charge in [-0.3, -0.25) is 0 Å². The molecule has 1 aromatic carbocycles. The molecule has 0 radical (unpaired) electrons. The van der Waals surface area contributed by atoms with Gasteiger partial charge in [-0.15, -0.1) is 0 Å². The Kier molecular flexibility index (Phi) is 6.01. The van der Waals surface area contributed by atoms with Crippen molar-refractivity contribution >= 4 is 10.0 Å². The number of likely N-dealkylation sites (tertiary alicyclic amines) is 1. The second-order valence-electron chi connectivity index (χ2n) is 5.79. The Morgan fingerprint density at radius 1 is 1.15 bits per heavy atom. The van der Waals surface area contributed by atoms with Crippen molar-refractivity contribution in [3.8, 4) is 0 Å². The van der Waals surface area contributed by atoms with Crippen LogP contribution in [0.5, 0.6) is 0 Å². The van der Waals surface area contributed by atoms with Gasteiger partial charge in [0.1, 0.15) is 0 Å². The van der Waals surface area contributed by atoms with E-state index in [2.05, 4.69) is 9.62 Å². The molecular weight excluding hydrogens is 296 g/mol. The standard InChI is InChI=1S/C14H22N2O2S.ClH/c1-14(2,12-16-10-6-7-11-16)15-19(17,18)13-8-4-3-5-9-13;/h3-5,8-9,15H,6-7,10-12H2,1-2H3;1H/p-1. The largest absolute Gasteiger partial charge is 1.00 e. The highest BCUT2D eigenvalue weighted by Crippen LogP contribution is 2.16. The molecule has 114 valence electrons. The number of benzene rings is 1. The van der Waals surface area contributed by atoms with Crippen LogP contribution in [-0.4, -0.2) is 38.5 Å². The lowest BCUT2D eigenvalue weighted by molar-refractivity contribution is -0.00000744. The summed E-state index contributed by atoms with van der Waals surface area (Å²) in [6.45, 7) is 6.75. The third-order valence-corrected chi connectivity index (χ3v) is 5.00. The van der Waals surface area contributed by atoms with Gasteiger partial charge in [-0.25, -0.2) is 13.1 Å². The maximum atomic E-state index is 12.3. The zero-order valence-corrected chi connectivity index (χ0v) is 13.5. The third-order valence-electron chi connectivity index (χ3n) is 3.28. The fraction of sp³-hybridized carbons (Fsp3) is 0.571. The summed E-state index contributed by atoms with van der Waals surface area (Å²) < 4.78 is 27.4. The van der Waals surface area contributed by atoms with E-state index in [-0.39, 0.29) is 12.4 Å². The van der Waals surface area contributed by atoms with Crippen LogP contribution in [0.15, 0.2) is 35.2 Å². The first-order chi connectivity index (χ1) is 8.89. The van der Waals surface area contributed by atoms with Gasteiger partial charge >= 0.3 is 0 Å². The first-order valence-electron chi connectivity index (χ1n) is 6.70. The second-order valence-corrected chi connectivity index (χ2v) is 7.47. The van der Waals surface area contributed by atoms with Crippen LogP contribution in [0.4, 0.5) is 0 Å². The lowest BCUT2D eigenvalue weighted by atomic mass is 10.1.